The molecule has 1 saturated heterocycles. The molecule has 2 rings (SSSR count). The van der Waals surface area contributed by atoms with Crippen molar-refractivity contribution in [3.8, 4) is 0 Å². The van der Waals surface area contributed by atoms with Crippen molar-refractivity contribution >= 4 is 23.3 Å². The molecule has 0 aromatic rings. The van der Waals surface area contributed by atoms with Gasteiger partial charge in [0.2, 0.25) is 0 Å². The molecule has 2 aliphatic heterocycles. The highest BCUT2D eigenvalue weighted by Crippen LogP contribution is 2.32. The quantitative estimate of drug-likeness (QED) is 0.789. The van der Waals surface area contributed by atoms with Crippen LogP contribution in [-0.4, -0.2) is 35.8 Å². The zero-order chi connectivity index (χ0) is 13.1. The van der Waals surface area contributed by atoms with Gasteiger partial charge in [-0.05, 0) is 32.1 Å². The van der Waals surface area contributed by atoms with Crippen molar-refractivity contribution in [3.63, 3.8) is 0 Å². The Balaban J connectivity index is 2.31. The number of allylic oxidation sites excluding steroid dienone is 3. The van der Waals surface area contributed by atoms with E-state index in [-0.39, 0.29) is 0 Å². The first-order valence-electron chi connectivity index (χ1n) is 6.18. The molecule has 0 aliphatic carbocycles. The Morgan fingerprint density at radius 1 is 1.56 bits per heavy atom. The lowest BCUT2D eigenvalue weighted by Crippen LogP contribution is -2.32. The first-order chi connectivity index (χ1) is 8.69. The van der Waals surface area contributed by atoms with E-state index < -0.39 is 0 Å². The van der Waals surface area contributed by atoms with E-state index in [2.05, 4.69) is 16.5 Å². The molecule has 0 atom stereocenters. The monoisotopic (exact) mass is 261 g/mol. The third-order valence-corrected chi connectivity index (χ3v) is 3.94. The van der Waals surface area contributed by atoms with Crippen molar-refractivity contribution < 1.29 is 0 Å². The topological polar surface area (TPSA) is 39.5 Å². The van der Waals surface area contributed by atoms with Gasteiger partial charge in [-0.3, -0.25) is 4.99 Å². The summed E-state index contributed by atoms with van der Waals surface area (Å²) in [6.45, 7) is 7.62. The van der Waals surface area contributed by atoms with E-state index in [4.69, 9.17) is 5.41 Å². The number of aliphatic imine (C=N–C) groups is 1. The van der Waals surface area contributed by atoms with Gasteiger partial charge in [0.15, 0.2) is 0 Å². The molecule has 2 aliphatic rings. The molecule has 2 heterocycles. The van der Waals surface area contributed by atoms with Gasteiger partial charge in [-0.15, -0.1) is 11.8 Å². The standard InChI is InChI=1S/C14H19N3S/c1-4-6-12(15)11-9-16-14(10(2)18-3)17-8-5-7-13(11)17/h4,6,15H,2,5,7-9H2,1,3H3/b6-4-,15-12?. The SMILES string of the molecule is C=C(SC)C1=NCC(C(=N)/C=C\C)=C2CCCN12. The first-order valence-corrected chi connectivity index (χ1v) is 7.40. The molecule has 96 valence electrons. The van der Waals surface area contributed by atoms with Crippen LogP contribution in [0.4, 0.5) is 0 Å². The number of hydrogen-bond acceptors (Lipinski definition) is 4. The van der Waals surface area contributed by atoms with Gasteiger partial charge in [0.1, 0.15) is 5.84 Å². The van der Waals surface area contributed by atoms with E-state index in [0.717, 1.165) is 35.7 Å². The summed E-state index contributed by atoms with van der Waals surface area (Å²) >= 11 is 1.64. The second-order valence-electron chi connectivity index (χ2n) is 4.36. The maximum Gasteiger partial charge on any atom is 0.141 e. The van der Waals surface area contributed by atoms with Gasteiger partial charge in [-0.2, -0.15) is 0 Å². The summed E-state index contributed by atoms with van der Waals surface area (Å²) in [6, 6.07) is 0. The van der Waals surface area contributed by atoms with E-state index in [1.54, 1.807) is 11.8 Å². The Morgan fingerprint density at radius 2 is 2.33 bits per heavy atom. The smallest absolute Gasteiger partial charge is 0.141 e. The Kier molecular flexibility index (Phi) is 4.07. The second-order valence-corrected chi connectivity index (χ2v) is 5.26. The molecule has 0 bridgehead atoms. The lowest BCUT2D eigenvalue weighted by Gasteiger charge is -2.29. The molecule has 4 heteroatoms. The van der Waals surface area contributed by atoms with Gasteiger partial charge in [-0.1, -0.05) is 12.7 Å². The zero-order valence-electron chi connectivity index (χ0n) is 11.0. The number of amidine groups is 1. The number of hydrogen-bond donors (Lipinski definition) is 1. The van der Waals surface area contributed by atoms with Gasteiger partial charge in [0.05, 0.1) is 12.3 Å². The molecule has 1 fully saturated rings. The minimum Gasteiger partial charge on any atom is -0.329 e. The molecule has 0 saturated carbocycles. The minimum atomic E-state index is 0.594. The lowest BCUT2D eigenvalue weighted by atomic mass is 10.0. The van der Waals surface area contributed by atoms with E-state index in [1.807, 2.05) is 25.3 Å². The molecule has 0 spiro atoms. The summed E-state index contributed by atoms with van der Waals surface area (Å²) in [5.41, 5.74) is 2.94. The minimum absolute atomic E-state index is 0.594. The van der Waals surface area contributed by atoms with Crippen LogP contribution in [0, 0.1) is 5.41 Å². The number of thioether (sulfide) groups is 1. The zero-order valence-corrected chi connectivity index (χ0v) is 11.8. The average Bonchev–Trinajstić information content (AvgIpc) is 2.86. The summed E-state index contributed by atoms with van der Waals surface area (Å²) in [5.74, 6) is 1.01. The molecular formula is C14H19N3S. The summed E-state index contributed by atoms with van der Waals surface area (Å²) in [5, 5.41) is 8.08. The Morgan fingerprint density at radius 3 is 3.00 bits per heavy atom. The highest BCUT2D eigenvalue weighted by molar-refractivity contribution is 8.03. The molecular weight excluding hydrogens is 242 g/mol. The lowest BCUT2D eigenvalue weighted by molar-refractivity contribution is 0.573. The van der Waals surface area contributed by atoms with Crippen LogP contribution >= 0.6 is 11.8 Å². The van der Waals surface area contributed by atoms with Gasteiger partial charge in [0, 0.05) is 22.7 Å². The fraction of sp³-hybridized carbons (Fsp3) is 0.429. The third kappa shape index (κ3) is 2.29. The average molecular weight is 261 g/mol. The molecule has 18 heavy (non-hydrogen) atoms. The van der Waals surface area contributed by atoms with Gasteiger partial charge < -0.3 is 10.3 Å². The second kappa shape index (κ2) is 5.57. The third-order valence-electron chi connectivity index (χ3n) is 3.27. The van der Waals surface area contributed by atoms with Crippen molar-refractivity contribution in [1.29, 1.82) is 5.41 Å². The Labute approximate surface area is 113 Å². The summed E-state index contributed by atoms with van der Waals surface area (Å²) in [6.07, 6.45) is 7.98. The fourth-order valence-corrected chi connectivity index (χ4v) is 2.75. The normalized spacial score (nSPS) is 19.2. The van der Waals surface area contributed by atoms with E-state index >= 15 is 0 Å². The van der Waals surface area contributed by atoms with E-state index in [0.29, 0.717) is 12.3 Å². The Bertz CT molecular complexity index is 471. The maximum absolute atomic E-state index is 8.08. The number of rotatable bonds is 4. The predicted molar refractivity (Wildman–Crippen MR) is 80.5 cm³/mol. The van der Waals surface area contributed by atoms with Crippen LogP contribution in [0.2, 0.25) is 0 Å². The van der Waals surface area contributed by atoms with Gasteiger partial charge in [0.25, 0.3) is 0 Å². The highest BCUT2D eigenvalue weighted by Gasteiger charge is 2.29. The Hall–Kier alpha value is -1.29. The largest absolute Gasteiger partial charge is 0.329 e. The molecule has 0 amide bonds. The van der Waals surface area contributed by atoms with Crippen molar-refractivity contribution in [1.82, 2.24) is 4.90 Å². The molecule has 3 nitrogen and oxygen atoms in total. The fourth-order valence-electron chi connectivity index (χ4n) is 2.39. The molecule has 1 N–H and O–H groups in total. The number of fused-ring (bicyclic) bond motifs is 1. The van der Waals surface area contributed by atoms with Crippen LogP contribution in [-0.2, 0) is 0 Å². The van der Waals surface area contributed by atoms with Crippen LogP contribution < -0.4 is 0 Å². The van der Waals surface area contributed by atoms with Crippen LogP contribution in [0.15, 0.2) is 39.9 Å². The molecule has 0 aromatic carbocycles. The van der Waals surface area contributed by atoms with Crippen molar-refractivity contribution in [2.75, 3.05) is 19.3 Å². The molecule has 0 unspecified atom stereocenters. The van der Waals surface area contributed by atoms with Crippen molar-refractivity contribution in [2.45, 2.75) is 19.8 Å². The van der Waals surface area contributed by atoms with Gasteiger partial charge >= 0.3 is 0 Å². The maximum atomic E-state index is 8.08. The number of nitrogens with one attached hydrogen (secondary N) is 1. The summed E-state index contributed by atoms with van der Waals surface area (Å²) < 4.78 is 0. The van der Waals surface area contributed by atoms with Crippen molar-refractivity contribution in [2.24, 2.45) is 4.99 Å². The number of nitrogens with zero attached hydrogens (tertiary/aromatic N) is 2. The summed E-state index contributed by atoms with van der Waals surface area (Å²) in [7, 11) is 0. The van der Waals surface area contributed by atoms with Gasteiger partial charge in [-0.25, -0.2) is 0 Å². The van der Waals surface area contributed by atoms with Crippen LogP contribution in [0.5, 0.6) is 0 Å². The van der Waals surface area contributed by atoms with Crippen LogP contribution in [0.25, 0.3) is 0 Å². The highest BCUT2D eigenvalue weighted by atomic mass is 32.2. The van der Waals surface area contributed by atoms with Crippen LogP contribution in [0.3, 0.4) is 0 Å². The predicted octanol–water partition coefficient (Wildman–Crippen LogP) is 3.22. The molecule has 0 aromatic heterocycles. The van der Waals surface area contributed by atoms with E-state index in [9.17, 15) is 0 Å². The molecule has 0 radical (unpaired) electrons. The van der Waals surface area contributed by atoms with E-state index in [1.165, 1.54) is 5.70 Å². The first kappa shape index (κ1) is 13.1. The van der Waals surface area contributed by atoms with Crippen molar-refractivity contribution in [3.05, 3.63) is 34.9 Å². The van der Waals surface area contributed by atoms with Crippen LogP contribution in [0.1, 0.15) is 19.8 Å². The summed E-state index contributed by atoms with van der Waals surface area (Å²) in [4.78, 5) is 7.88.